The predicted octanol–water partition coefficient (Wildman–Crippen LogP) is 0.856. The summed E-state index contributed by atoms with van der Waals surface area (Å²) in [5, 5.41) is 2.84. The van der Waals surface area contributed by atoms with E-state index in [0.717, 1.165) is 23.9 Å². The van der Waals surface area contributed by atoms with Gasteiger partial charge in [0.05, 0.1) is 19.2 Å². The fourth-order valence-corrected chi connectivity index (χ4v) is 2.04. The number of methoxy groups -OCH3 is 1. The molecule has 96 valence electrons. The van der Waals surface area contributed by atoms with Crippen LogP contribution >= 0.6 is 11.3 Å². The topological polar surface area (TPSA) is 45.7 Å². The Morgan fingerprint density at radius 1 is 1.41 bits per heavy atom. The highest BCUT2D eigenvalue weighted by atomic mass is 32.1. The zero-order chi connectivity index (χ0) is 12.8. The maximum absolute atomic E-state index is 11.1. The number of thiazole rings is 1. The van der Waals surface area contributed by atoms with Crippen molar-refractivity contribution in [2.45, 2.75) is 6.42 Å². The van der Waals surface area contributed by atoms with Gasteiger partial charge in [0.25, 0.3) is 0 Å². The molecular formula is C11H19N3O2S. The first-order valence-electron chi connectivity index (χ1n) is 5.40. The van der Waals surface area contributed by atoms with Crippen molar-refractivity contribution in [3.05, 3.63) is 11.1 Å². The van der Waals surface area contributed by atoms with Gasteiger partial charge in [-0.3, -0.25) is 4.79 Å². The second-order valence-electron chi connectivity index (χ2n) is 4.10. The molecule has 0 amide bonds. The summed E-state index contributed by atoms with van der Waals surface area (Å²) in [6.07, 6.45) is 0.245. The van der Waals surface area contributed by atoms with Crippen molar-refractivity contribution >= 4 is 22.4 Å². The number of carbonyl (C=O) groups is 1. The van der Waals surface area contributed by atoms with Crippen molar-refractivity contribution in [3.63, 3.8) is 0 Å². The molecule has 1 aromatic heterocycles. The number of esters is 1. The summed E-state index contributed by atoms with van der Waals surface area (Å²) in [5.74, 6) is -0.252. The standard InChI is InChI=1S/C11H19N3O2S/c1-13(2)5-6-14(3)11-12-9(8-17-11)7-10(15)16-4/h8H,5-7H2,1-4H3. The Bertz CT molecular complexity index is 365. The Hall–Kier alpha value is -1.14. The maximum atomic E-state index is 11.1. The van der Waals surface area contributed by atoms with E-state index in [4.69, 9.17) is 0 Å². The quantitative estimate of drug-likeness (QED) is 0.707. The van der Waals surface area contributed by atoms with E-state index < -0.39 is 0 Å². The van der Waals surface area contributed by atoms with Gasteiger partial charge in [0.1, 0.15) is 0 Å². The number of aromatic nitrogens is 1. The van der Waals surface area contributed by atoms with Crippen molar-refractivity contribution in [2.24, 2.45) is 0 Å². The van der Waals surface area contributed by atoms with E-state index in [9.17, 15) is 4.79 Å². The molecule has 1 aromatic rings. The Kier molecular flexibility index (Phi) is 5.37. The molecule has 0 saturated heterocycles. The van der Waals surface area contributed by atoms with Gasteiger partial charge < -0.3 is 14.5 Å². The molecule has 17 heavy (non-hydrogen) atoms. The van der Waals surface area contributed by atoms with Crippen LogP contribution in [0.15, 0.2) is 5.38 Å². The third kappa shape index (κ3) is 4.70. The Labute approximate surface area is 106 Å². The first-order chi connectivity index (χ1) is 8.02. The van der Waals surface area contributed by atoms with E-state index in [2.05, 4.69) is 19.5 Å². The lowest BCUT2D eigenvalue weighted by molar-refractivity contribution is -0.139. The van der Waals surface area contributed by atoms with Gasteiger partial charge in [0.15, 0.2) is 5.13 Å². The molecule has 0 radical (unpaired) electrons. The lowest BCUT2D eigenvalue weighted by atomic mass is 10.3. The number of rotatable bonds is 6. The monoisotopic (exact) mass is 257 g/mol. The van der Waals surface area contributed by atoms with Gasteiger partial charge >= 0.3 is 5.97 Å². The number of hydrogen-bond donors (Lipinski definition) is 0. The van der Waals surface area contributed by atoms with Crippen LogP contribution in [0.1, 0.15) is 5.69 Å². The zero-order valence-corrected chi connectivity index (χ0v) is 11.6. The molecule has 0 bridgehead atoms. The van der Waals surface area contributed by atoms with Crippen LogP contribution < -0.4 is 4.90 Å². The third-order valence-corrected chi connectivity index (χ3v) is 3.31. The molecule has 0 aliphatic rings. The van der Waals surface area contributed by atoms with Crippen LogP contribution in [0.5, 0.6) is 0 Å². The van der Waals surface area contributed by atoms with E-state index >= 15 is 0 Å². The number of hydrogen-bond acceptors (Lipinski definition) is 6. The highest BCUT2D eigenvalue weighted by Gasteiger charge is 2.10. The molecule has 0 fully saturated rings. The maximum Gasteiger partial charge on any atom is 0.311 e. The van der Waals surface area contributed by atoms with Gasteiger partial charge in [-0.1, -0.05) is 0 Å². The summed E-state index contributed by atoms with van der Waals surface area (Å²) in [6.45, 7) is 1.89. The molecule has 5 nitrogen and oxygen atoms in total. The lowest BCUT2D eigenvalue weighted by Crippen LogP contribution is -2.28. The first kappa shape index (κ1) is 13.9. The fraction of sp³-hybridized carbons (Fsp3) is 0.636. The molecule has 0 N–H and O–H groups in total. The molecule has 6 heteroatoms. The molecule has 1 heterocycles. The van der Waals surface area contributed by atoms with Crippen molar-refractivity contribution in [2.75, 3.05) is 46.2 Å². The van der Waals surface area contributed by atoms with Gasteiger partial charge in [0.2, 0.25) is 0 Å². The van der Waals surface area contributed by atoms with E-state index in [-0.39, 0.29) is 12.4 Å². The molecule has 1 rings (SSSR count). The van der Waals surface area contributed by atoms with Crippen molar-refractivity contribution < 1.29 is 9.53 Å². The summed E-state index contributed by atoms with van der Waals surface area (Å²) in [7, 11) is 7.47. The summed E-state index contributed by atoms with van der Waals surface area (Å²) >= 11 is 1.55. The lowest BCUT2D eigenvalue weighted by Gasteiger charge is -2.18. The number of anilines is 1. The van der Waals surface area contributed by atoms with E-state index in [1.807, 2.05) is 26.5 Å². The minimum absolute atomic E-state index is 0.245. The summed E-state index contributed by atoms with van der Waals surface area (Å²) in [5.41, 5.74) is 0.772. The average Bonchev–Trinajstić information content (AvgIpc) is 2.74. The van der Waals surface area contributed by atoms with E-state index in [0.29, 0.717) is 0 Å². The van der Waals surface area contributed by atoms with Crippen LogP contribution in [-0.4, -0.2) is 57.2 Å². The largest absolute Gasteiger partial charge is 0.469 e. The van der Waals surface area contributed by atoms with Crippen molar-refractivity contribution in [3.8, 4) is 0 Å². The number of carbonyl (C=O) groups excluding carboxylic acids is 1. The molecular weight excluding hydrogens is 238 g/mol. The Morgan fingerprint density at radius 2 is 2.12 bits per heavy atom. The predicted molar refractivity (Wildman–Crippen MR) is 69.7 cm³/mol. The minimum atomic E-state index is -0.252. The van der Waals surface area contributed by atoms with Crippen molar-refractivity contribution in [1.82, 2.24) is 9.88 Å². The second-order valence-corrected chi connectivity index (χ2v) is 4.94. The summed E-state index contributed by atoms with van der Waals surface area (Å²) in [4.78, 5) is 19.7. The van der Waals surface area contributed by atoms with Crippen LogP contribution in [-0.2, 0) is 16.0 Å². The van der Waals surface area contributed by atoms with Gasteiger partial charge in [-0.2, -0.15) is 0 Å². The zero-order valence-electron chi connectivity index (χ0n) is 10.8. The SMILES string of the molecule is COC(=O)Cc1csc(N(C)CCN(C)C)n1. The minimum Gasteiger partial charge on any atom is -0.469 e. The Balaban J connectivity index is 2.52. The normalized spacial score (nSPS) is 10.6. The molecule has 0 spiro atoms. The fourth-order valence-electron chi connectivity index (χ4n) is 1.22. The van der Waals surface area contributed by atoms with Gasteiger partial charge in [-0.25, -0.2) is 4.98 Å². The van der Waals surface area contributed by atoms with Crippen LogP contribution in [0.3, 0.4) is 0 Å². The van der Waals surface area contributed by atoms with Crippen LogP contribution in [0, 0.1) is 0 Å². The molecule has 0 saturated carbocycles. The highest BCUT2D eigenvalue weighted by molar-refractivity contribution is 7.13. The van der Waals surface area contributed by atoms with Gasteiger partial charge in [0, 0.05) is 25.5 Å². The second kappa shape index (κ2) is 6.56. The number of nitrogens with zero attached hydrogens (tertiary/aromatic N) is 3. The Morgan fingerprint density at radius 3 is 2.71 bits per heavy atom. The molecule has 0 aliphatic heterocycles. The molecule has 0 aromatic carbocycles. The summed E-state index contributed by atoms with van der Waals surface area (Å²) < 4.78 is 4.61. The smallest absolute Gasteiger partial charge is 0.311 e. The molecule has 0 atom stereocenters. The third-order valence-electron chi connectivity index (χ3n) is 2.30. The number of ether oxygens (including phenoxy) is 1. The first-order valence-corrected chi connectivity index (χ1v) is 6.28. The van der Waals surface area contributed by atoms with E-state index in [1.54, 1.807) is 11.3 Å². The van der Waals surface area contributed by atoms with Gasteiger partial charge in [-0.05, 0) is 14.1 Å². The van der Waals surface area contributed by atoms with Crippen LogP contribution in [0.2, 0.25) is 0 Å². The summed E-state index contributed by atoms with van der Waals surface area (Å²) in [6, 6.07) is 0. The van der Waals surface area contributed by atoms with Crippen LogP contribution in [0.25, 0.3) is 0 Å². The highest BCUT2D eigenvalue weighted by Crippen LogP contribution is 2.19. The van der Waals surface area contributed by atoms with E-state index in [1.165, 1.54) is 7.11 Å². The molecule has 0 aliphatic carbocycles. The number of likely N-dealkylation sites (N-methyl/N-ethyl adjacent to an activating group) is 2. The van der Waals surface area contributed by atoms with Gasteiger partial charge in [-0.15, -0.1) is 11.3 Å². The molecule has 0 unspecified atom stereocenters. The average molecular weight is 257 g/mol. The van der Waals surface area contributed by atoms with Crippen molar-refractivity contribution in [1.29, 1.82) is 0 Å². The van der Waals surface area contributed by atoms with Crippen LogP contribution in [0.4, 0.5) is 5.13 Å².